The van der Waals surface area contributed by atoms with Crippen molar-refractivity contribution in [3.63, 3.8) is 0 Å². The Kier molecular flexibility index (Phi) is 4.60. The Morgan fingerprint density at radius 1 is 1.53 bits per heavy atom. The number of thiophene rings is 1. The number of nitrogens with zero attached hydrogens (tertiary/aromatic N) is 1. The molecular weight excluding hydrogens is 228 g/mol. The topological polar surface area (TPSA) is 15.3 Å². The molecule has 1 aromatic rings. The number of nitrogens with one attached hydrogen (secondary N) is 1. The van der Waals surface area contributed by atoms with Crippen LogP contribution in [-0.4, -0.2) is 31.6 Å². The van der Waals surface area contributed by atoms with Crippen molar-refractivity contribution in [1.29, 1.82) is 0 Å². The lowest BCUT2D eigenvalue weighted by Gasteiger charge is -2.32. The molecule has 0 aromatic carbocycles. The highest BCUT2D eigenvalue weighted by Gasteiger charge is 2.33. The van der Waals surface area contributed by atoms with Crippen LogP contribution in [0.4, 0.5) is 0 Å². The second-order valence-electron chi connectivity index (χ2n) is 5.43. The highest BCUT2D eigenvalue weighted by molar-refractivity contribution is 7.09. The summed E-state index contributed by atoms with van der Waals surface area (Å²) in [6.45, 7) is 7.04. The summed E-state index contributed by atoms with van der Waals surface area (Å²) in [6, 6.07) is 4.38. The SMILES string of the molecule is CCCC1(CN(C)Cc2cccs2)CCNC1. The van der Waals surface area contributed by atoms with Crippen LogP contribution < -0.4 is 5.32 Å². The van der Waals surface area contributed by atoms with Gasteiger partial charge in [0.2, 0.25) is 0 Å². The number of hydrogen-bond acceptors (Lipinski definition) is 3. The van der Waals surface area contributed by atoms with E-state index in [4.69, 9.17) is 0 Å². The maximum Gasteiger partial charge on any atom is 0.0325 e. The van der Waals surface area contributed by atoms with E-state index in [1.165, 1.54) is 43.8 Å². The van der Waals surface area contributed by atoms with E-state index in [-0.39, 0.29) is 0 Å². The molecule has 1 saturated heterocycles. The fourth-order valence-electron chi connectivity index (χ4n) is 3.05. The Morgan fingerprint density at radius 2 is 2.41 bits per heavy atom. The van der Waals surface area contributed by atoms with Gasteiger partial charge in [0.1, 0.15) is 0 Å². The summed E-state index contributed by atoms with van der Waals surface area (Å²) in [4.78, 5) is 3.97. The Labute approximate surface area is 109 Å². The van der Waals surface area contributed by atoms with E-state index in [1.54, 1.807) is 0 Å². The van der Waals surface area contributed by atoms with Gasteiger partial charge in [-0.05, 0) is 43.3 Å². The Bertz CT molecular complexity index is 315. The number of rotatable bonds is 6. The zero-order valence-corrected chi connectivity index (χ0v) is 11.9. The Hall–Kier alpha value is -0.380. The maximum absolute atomic E-state index is 3.54. The van der Waals surface area contributed by atoms with E-state index in [0.717, 1.165) is 6.54 Å². The Morgan fingerprint density at radius 3 is 3.00 bits per heavy atom. The van der Waals surface area contributed by atoms with Crippen LogP contribution in [0.2, 0.25) is 0 Å². The molecule has 2 nitrogen and oxygen atoms in total. The zero-order valence-electron chi connectivity index (χ0n) is 11.0. The minimum absolute atomic E-state index is 0.529. The van der Waals surface area contributed by atoms with Crippen molar-refractivity contribution in [1.82, 2.24) is 10.2 Å². The van der Waals surface area contributed by atoms with Gasteiger partial charge in [-0.1, -0.05) is 19.4 Å². The fraction of sp³-hybridized carbons (Fsp3) is 0.714. The third-order valence-corrected chi connectivity index (χ3v) is 4.58. The third-order valence-electron chi connectivity index (χ3n) is 3.72. The van der Waals surface area contributed by atoms with Crippen molar-refractivity contribution < 1.29 is 0 Å². The van der Waals surface area contributed by atoms with Gasteiger partial charge in [0, 0.05) is 24.5 Å². The molecule has 1 aromatic heterocycles. The Balaban J connectivity index is 1.89. The molecule has 2 heterocycles. The molecule has 1 aliphatic rings. The van der Waals surface area contributed by atoms with Crippen molar-refractivity contribution >= 4 is 11.3 Å². The van der Waals surface area contributed by atoms with Crippen molar-refractivity contribution in [2.75, 3.05) is 26.7 Å². The first-order valence-electron chi connectivity index (χ1n) is 6.66. The van der Waals surface area contributed by atoms with Gasteiger partial charge in [-0.25, -0.2) is 0 Å². The molecule has 0 saturated carbocycles. The summed E-state index contributed by atoms with van der Waals surface area (Å²) in [7, 11) is 2.26. The van der Waals surface area contributed by atoms with Gasteiger partial charge in [-0.3, -0.25) is 0 Å². The van der Waals surface area contributed by atoms with E-state index in [0.29, 0.717) is 5.41 Å². The van der Waals surface area contributed by atoms with Crippen LogP contribution in [0.1, 0.15) is 31.1 Å². The molecule has 1 aliphatic heterocycles. The largest absolute Gasteiger partial charge is 0.316 e. The molecule has 1 N–H and O–H groups in total. The van der Waals surface area contributed by atoms with E-state index in [2.05, 4.69) is 41.7 Å². The van der Waals surface area contributed by atoms with Gasteiger partial charge < -0.3 is 10.2 Å². The van der Waals surface area contributed by atoms with Gasteiger partial charge in [0.05, 0.1) is 0 Å². The maximum atomic E-state index is 3.54. The summed E-state index contributed by atoms with van der Waals surface area (Å²) in [5.41, 5.74) is 0.529. The van der Waals surface area contributed by atoms with Crippen molar-refractivity contribution in [3.05, 3.63) is 22.4 Å². The van der Waals surface area contributed by atoms with Gasteiger partial charge >= 0.3 is 0 Å². The fourth-order valence-corrected chi connectivity index (χ4v) is 3.83. The minimum Gasteiger partial charge on any atom is -0.316 e. The molecule has 3 heteroatoms. The van der Waals surface area contributed by atoms with E-state index >= 15 is 0 Å². The van der Waals surface area contributed by atoms with Gasteiger partial charge in [-0.15, -0.1) is 11.3 Å². The summed E-state index contributed by atoms with van der Waals surface area (Å²) in [6.07, 6.45) is 4.00. The molecular formula is C14H24N2S. The van der Waals surface area contributed by atoms with E-state index in [1.807, 2.05) is 11.3 Å². The van der Waals surface area contributed by atoms with Gasteiger partial charge in [-0.2, -0.15) is 0 Å². The second-order valence-corrected chi connectivity index (χ2v) is 6.46. The number of hydrogen-bond donors (Lipinski definition) is 1. The second kappa shape index (κ2) is 5.98. The molecule has 1 unspecified atom stereocenters. The third kappa shape index (κ3) is 3.54. The lowest BCUT2D eigenvalue weighted by atomic mass is 9.82. The van der Waals surface area contributed by atoms with E-state index < -0.39 is 0 Å². The first-order valence-corrected chi connectivity index (χ1v) is 7.54. The quantitative estimate of drug-likeness (QED) is 0.837. The molecule has 1 atom stereocenters. The summed E-state index contributed by atoms with van der Waals surface area (Å²) in [5.74, 6) is 0. The van der Waals surface area contributed by atoms with Crippen LogP contribution in [0.5, 0.6) is 0 Å². The lowest BCUT2D eigenvalue weighted by molar-refractivity contribution is 0.173. The van der Waals surface area contributed by atoms with Crippen LogP contribution >= 0.6 is 11.3 Å². The highest BCUT2D eigenvalue weighted by Crippen LogP contribution is 2.32. The van der Waals surface area contributed by atoms with Crippen LogP contribution in [0.25, 0.3) is 0 Å². The monoisotopic (exact) mass is 252 g/mol. The molecule has 96 valence electrons. The van der Waals surface area contributed by atoms with Crippen molar-refractivity contribution in [2.45, 2.75) is 32.7 Å². The molecule has 0 amide bonds. The molecule has 2 rings (SSSR count). The minimum atomic E-state index is 0.529. The van der Waals surface area contributed by atoms with Crippen LogP contribution in [0.3, 0.4) is 0 Å². The highest BCUT2D eigenvalue weighted by atomic mass is 32.1. The van der Waals surface area contributed by atoms with Crippen molar-refractivity contribution in [3.8, 4) is 0 Å². The standard InChI is InChI=1S/C14H24N2S/c1-3-6-14(7-8-15-11-14)12-16(2)10-13-5-4-9-17-13/h4-5,9,15H,3,6-8,10-12H2,1-2H3. The average Bonchev–Trinajstić information content (AvgIpc) is 2.90. The van der Waals surface area contributed by atoms with E-state index in [9.17, 15) is 0 Å². The molecule has 0 radical (unpaired) electrons. The van der Waals surface area contributed by atoms with Crippen LogP contribution in [0.15, 0.2) is 17.5 Å². The first-order chi connectivity index (χ1) is 8.24. The lowest BCUT2D eigenvalue weighted by Crippen LogP contribution is -2.37. The average molecular weight is 252 g/mol. The van der Waals surface area contributed by atoms with Crippen molar-refractivity contribution in [2.24, 2.45) is 5.41 Å². The van der Waals surface area contributed by atoms with Crippen LogP contribution in [0, 0.1) is 5.41 Å². The predicted octanol–water partition coefficient (Wildman–Crippen LogP) is 2.96. The van der Waals surface area contributed by atoms with Crippen LogP contribution in [-0.2, 0) is 6.54 Å². The molecule has 0 aliphatic carbocycles. The molecule has 17 heavy (non-hydrogen) atoms. The summed E-state index contributed by atoms with van der Waals surface area (Å²) >= 11 is 1.86. The van der Waals surface area contributed by atoms with Gasteiger partial charge in [0.25, 0.3) is 0 Å². The van der Waals surface area contributed by atoms with Gasteiger partial charge in [0.15, 0.2) is 0 Å². The summed E-state index contributed by atoms with van der Waals surface area (Å²) < 4.78 is 0. The normalized spacial score (nSPS) is 24.6. The summed E-state index contributed by atoms with van der Waals surface area (Å²) in [5, 5.41) is 5.71. The zero-order chi connectivity index (χ0) is 12.1. The molecule has 1 fully saturated rings. The predicted molar refractivity (Wildman–Crippen MR) is 75.5 cm³/mol. The molecule has 0 spiro atoms. The first kappa shape index (κ1) is 13.1. The smallest absolute Gasteiger partial charge is 0.0325 e. The molecule has 0 bridgehead atoms.